The zero-order valence-electron chi connectivity index (χ0n) is 13.9. The summed E-state index contributed by atoms with van der Waals surface area (Å²) in [5.74, 6) is 1.55. The maximum Gasteiger partial charge on any atom is 0.225 e. The summed E-state index contributed by atoms with van der Waals surface area (Å²) in [7, 11) is 1.64. The quantitative estimate of drug-likeness (QED) is 0.753. The lowest BCUT2D eigenvalue weighted by molar-refractivity contribution is -0.117. The number of hydrogen-bond donors (Lipinski definition) is 2. The number of carbonyl (C=O) groups is 1. The van der Waals surface area contributed by atoms with Crippen molar-refractivity contribution in [1.29, 1.82) is 0 Å². The second-order valence-corrected chi connectivity index (χ2v) is 6.81. The number of aromatic amines is 1. The van der Waals surface area contributed by atoms with Crippen LogP contribution < -0.4 is 10.1 Å². The van der Waals surface area contributed by atoms with Crippen LogP contribution in [0.25, 0.3) is 22.4 Å². The van der Waals surface area contributed by atoms with E-state index >= 15 is 0 Å². The molecular formula is C19H19N3O2. The third kappa shape index (κ3) is 2.24. The molecule has 0 unspecified atom stereocenters. The van der Waals surface area contributed by atoms with Crippen molar-refractivity contribution in [3.05, 3.63) is 42.0 Å². The molecule has 2 N–H and O–H groups in total. The number of ether oxygens (including phenoxy) is 1. The van der Waals surface area contributed by atoms with Crippen LogP contribution in [0.1, 0.15) is 25.8 Å². The third-order valence-corrected chi connectivity index (χ3v) is 4.59. The fourth-order valence-corrected chi connectivity index (χ4v) is 3.38. The van der Waals surface area contributed by atoms with E-state index in [1.807, 2.05) is 30.3 Å². The number of aromatic nitrogens is 2. The van der Waals surface area contributed by atoms with E-state index in [1.54, 1.807) is 7.11 Å². The molecule has 1 aliphatic heterocycles. The van der Waals surface area contributed by atoms with Gasteiger partial charge in [-0.15, -0.1) is 0 Å². The van der Waals surface area contributed by atoms with Crippen molar-refractivity contribution < 1.29 is 9.53 Å². The maximum absolute atomic E-state index is 12.0. The summed E-state index contributed by atoms with van der Waals surface area (Å²) in [6, 6.07) is 11.9. The predicted octanol–water partition coefficient (Wildman–Crippen LogP) is 3.86. The fraction of sp³-hybridized carbons (Fsp3) is 0.263. The van der Waals surface area contributed by atoms with Crippen LogP contribution in [0.5, 0.6) is 5.75 Å². The summed E-state index contributed by atoms with van der Waals surface area (Å²) < 4.78 is 5.37. The number of benzene rings is 2. The van der Waals surface area contributed by atoms with E-state index in [9.17, 15) is 4.79 Å². The van der Waals surface area contributed by atoms with E-state index in [4.69, 9.17) is 4.74 Å². The molecule has 0 saturated heterocycles. The van der Waals surface area contributed by atoms with E-state index in [0.717, 1.165) is 39.4 Å². The van der Waals surface area contributed by atoms with Crippen LogP contribution in [0, 0.1) is 0 Å². The summed E-state index contributed by atoms with van der Waals surface area (Å²) in [5, 5.41) is 2.98. The predicted molar refractivity (Wildman–Crippen MR) is 94.4 cm³/mol. The Morgan fingerprint density at radius 3 is 2.83 bits per heavy atom. The average Bonchev–Trinajstić information content (AvgIpc) is 2.97. The molecule has 0 atom stereocenters. The van der Waals surface area contributed by atoms with Crippen LogP contribution in [-0.4, -0.2) is 23.0 Å². The molecule has 24 heavy (non-hydrogen) atoms. The van der Waals surface area contributed by atoms with Crippen molar-refractivity contribution in [2.75, 3.05) is 12.4 Å². The number of fused-ring (bicyclic) bond motifs is 2. The van der Waals surface area contributed by atoms with Gasteiger partial charge >= 0.3 is 0 Å². The molecule has 0 spiro atoms. The summed E-state index contributed by atoms with van der Waals surface area (Å²) in [6.45, 7) is 4.19. The minimum Gasteiger partial charge on any atom is -0.494 e. The molecule has 4 rings (SSSR count). The number of anilines is 1. The van der Waals surface area contributed by atoms with E-state index in [2.05, 4.69) is 35.2 Å². The van der Waals surface area contributed by atoms with Crippen LogP contribution in [0.15, 0.2) is 36.4 Å². The molecule has 1 aliphatic rings. The number of rotatable bonds is 2. The molecule has 0 aliphatic carbocycles. The van der Waals surface area contributed by atoms with Crippen molar-refractivity contribution in [3.63, 3.8) is 0 Å². The largest absolute Gasteiger partial charge is 0.494 e. The van der Waals surface area contributed by atoms with Crippen LogP contribution in [-0.2, 0) is 10.2 Å². The van der Waals surface area contributed by atoms with E-state index in [-0.39, 0.29) is 11.3 Å². The van der Waals surface area contributed by atoms with Crippen molar-refractivity contribution in [3.8, 4) is 17.1 Å². The highest BCUT2D eigenvalue weighted by molar-refractivity contribution is 5.96. The Morgan fingerprint density at radius 1 is 1.21 bits per heavy atom. The molecule has 0 fully saturated rings. The molecule has 3 aromatic rings. The summed E-state index contributed by atoms with van der Waals surface area (Å²) in [6.07, 6.45) is 0.501. The van der Waals surface area contributed by atoms with E-state index in [0.29, 0.717) is 6.42 Å². The number of para-hydroxylation sites is 1. The molecule has 1 amide bonds. The lowest BCUT2D eigenvalue weighted by Crippen LogP contribution is -2.32. The second-order valence-electron chi connectivity index (χ2n) is 6.81. The van der Waals surface area contributed by atoms with Gasteiger partial charge in [-0.3, -0.25) is 4.79 Å². The van der Waals surface area contributed by atoms with Crippen molar-refractivity contribution in [2.24, 2.45) is 0 Å². The molecule has 0 saturated carbocycles. The molecular weight excluding hydrogens is 302 g/mol. The Bertz CT molecular complexity index is 956. The molecule has 5 nitrogen and oxygen atoms in total. The lowest BCUT2D eigenvalue weighted by Gasteiger charge is -2.32. The second kappa shape index (κ2) is 5.09. The Kier molecular flexibility index (Phi) is 3.13. The van der Waals surface area contributed by atoms with Gasteiger partial charge in [-0.05, 0) is 23.8 Å². The minimum atomic E-state index is -0.159. The normalized spacial score (nSPS) is 15.9. The van der Waals surface area contributed by atoms with E-state index in [1.165, 1.54) is 0 Å². The summed E-state index contributed by atoms with van der Waals surface area (Å²) in [5.41, 5.74) is 4.52. The molecule has 5 heteroatoms. The highest BCUT2D eigenvalue weighted by Crippen LogP contribution is 2.39. The highest BCUT2D eigenvalue weighted by atomic mass is 16.5. The van der Waals surface area contributed by atoms with Crippen LogP contribution in [0.4, 0.5) is 5.69 Å². The van der Waals surface area contributed by atoms with Crippen LogP contribution in [0.2, 0.25) is 0 Å². The first-order valence-electron chi connectivity index (χ1n) is 7.95. The Hall–Kier alpha value is -2.82. The van der Waals surface area contributed by atoms with Gasteiger partial charge in [0.15, 0.2) is 0 Å². The molecule has 2 aromatic carbocycles. The fourth-order valence-electron chi connectivity index (χ4n) is 3.38. The number of amides is 1. The third-order valence-electron chi connectivity index (χ3n) is 4.59. The van der Waals surface area contributed by atoms with Crippen molar-refractivity contribution >= 4 is 22.6 Å². The van der Waals surface area contributed by atoms with E-state index < -0.39 is 0 Å². The molecule has 2 heterocycles. The monoisotopic (exact) mass is 321 g/mol. The van der Waals surface area contributed by atoms with Gasteiger partial charge in [-0.2, -0.15) is 0 Å². The summed E-state index contributed by atoms with van der Waals surface area (Å²) >= 11 is 0. The zero-order chi connectivity index (χ0) is 16.9. The minimum absolute atomic E-state index is 0.0518. The molecule has 0 radical (unpaired) electrons. The Balaban J connectivity index is 1.84. The molecule has 1 aromatic heterocycles. The number of methoxy groups -OCH3 is 1. The number of hydrogen-bond acceptors (Lipinski definition) is 3. The first-order valence-corrected chi connectivity index (χ1v) is 7.95. The van der Waals surface area contributed by atoms with Gasteiger partial charge in [0.1, 0.15) is 17.1 Å². The Labute approximate surface area is 140 Å². The van der Waals surface area contributed by atoms with Gasteiger partial charge in [0, 0.05) is 23.1 Å². The van der Waals surface area contributed by atoms with Gasteiger partial charge in [0.05, 0.1) is 12.6 Å². The van der Waals surface area contributed by atoms with Crippen molar-refractivity contribution in [2.45, 2.75) is 25.7 Å². The average molecular weight is 321 g/mol. The maximum atomic E-state index is 12.0. The number of carbonyl (C=O) groups excluding carboxylic acids is 1. The lowest BCUT2D eigenvalue weighted by atomic mass is 9.77. The van der Waals surface area contributed by atoms with Gasteiger partial charge in [0.2, 0.25) is 5.91 Å². The van der Waals surface area contributed by atoms with Crippen molar-refractivity contribution in [1.82, 2.24) is 9.97 Å². The highest BCUT2D eigenvalue weighted by Gasteiger charge is 2.32. The van der Waals surface area contributed by atoms with Gasteiger partial charge in [-0.25, -0.2) is 4.98 Å². The smallest absolute Gasteiger partial charge is 0.225 e. The first kappa shape index (κ1) is 14.8. The standard InChI is InChI=1S/C19H19N3O2/c1-19(2)10-16(23)20-14-9-11(7-8-12(14)19)18-21-13-5-4-6-15(24-3)17(13)22-18/h4-9H,10H2,1-3H3,(H,20,23)(H,21,22). The number of nitrogens with zero attached hydrogens (tertiary/aromatic N) is 1. The summed E-state index contributed by atoms with van der Waals surface area (Å²) in [4.78, 5) is 19.9. The van der Waals surface area contributed by atoms with Crippen LogP contribution >= 0.6 is 0 Å². The Morgan fingerprint density at radius 2 is 2.04 bits per heavy atom. The van der Waals surface area contributed by atoms with Gasteiger partial charge in [-0.1, -0.05) is 32.0 Å². The first-order chi connectivity index (χ1) is 11.5. The molecule has 0 bridgehead atoms. The number of H-pyrrole nitrogens is 1. The van der Waals surface area contributed by atoms with Gasteiger partial charge < -0.3 is 15.0 Å². The zero-order valence-corrected chi connectivity index (χ0v) is 13.9. The van der Waals surface area contributed by atoms with Gasteiger partial charge in [0.25, 0.3) is 0 Å². The molecule has 122 valence electrons. The number of nitrogens with one attached hydrogen (secondary N) is 2. The number of imidazole rings is 1. The topological polar surface area (TPSA) is 67.0 Å². The SMILES string of the molecule is COc1cccc2[nH]c(-c3ccc4c(c3)NC(=O)CC4(C)C)nc12. The van der Waals surface area contributed by atoms with Crippen LogP contribution in [0.3, 0.4) is 0 Å².